The zero-order valence-corrected chi connectivity index (χ0v) is 10.3. The van der Waals surface area contributed by atoms with Crippen LogP contribution < -0.4 is 0 Å². The molecule has 1 unspecified atom stereocenters. The molecule has 0 aromatic heterocycles. The first-order valence-corrected chi connectivity index (χ1v) is 5.74. The Labute approximate surface area is 97.6 Å². The fourth-order valence-corrected chi connectivity index (χ4v) is 0.987. The fourth-order valence-electron chi connectivity index (χ4n) is 0.987. The maximum absolute atomic E-state index is 10.1. The van der Waals surface area contributed by atoms with Gasteiger partial charge in [0.05, 0.1) is 12.5 Å². The molecule has 1 aliphatic heterocycles. The molecule has 5 nitrogen and oxygen atoms in total. The van der Waals surface area contributed by atoms with Gasteiger partial charge in [-0.15, -0.1) is 0 Å². The standard InChI is InChI=1S/C5H8O3.C3H9BO2.C2H6/c6-5(7)4-1-2-8-3-4;1-2-3-4(5)6;1-2/h4H,1-3H2,(H,6,7);5-6H,2-3H2,1H3;1-2H3. The van der Waals surface area contributed by atoms with Gasteiger partial charge in [0.1, 0.15) is 0 Å². The van der Waals surface area contributed by atoms with Gasteiger partial charge in [0.2, 0.25) is 0 Å². The van der Waals surface area contributed by atoms with Crippen LogP contribution in [0.3, 0.4) is 0 Å². The molecule has 3 N–H and O–H groups in total. The van der Waals surface area contributed by atoms with Crippen molar-refractivity contribution in [1.82, 2.24) is 0 Å². The molecule has 96 valence electrons. The third kappa shape index (κ3) is 11.5. The van der Waals surface area contributed by atoms with Crippen LogP contribution in [0.15, 0.2) is 0 Å². The van der Waals surface area contributed by atoms with Gasteiger partial charge in [0.15, 0.2) is 0 Å². The summed E-state index contributed by atoms with van der Waals surface area (Å²) in [6, 6.07) is 0. The van der Waals surface area contributed by atoms with Crippen molar-refractivity contribution in [2.45, 2.75) is 39.9 Å². The van der Waals surface area contributed by atoms with Crippen molar-refractivity contribution in [2.75, 3.05) is 13.2 Å². The summed E-state index contributed by atoms with van der Waals surface area (Å²) in [6.45, 7) is 6.91. The average molecular weight is 234 g/mol. The summed E-state index contributed by atoms with van der Waals surface area (Å²) in [5, 5.41) is 24.5. The lowest BCUT2D eigenvalue weighted by molar-refractivity contribution is -0.141. The van der Waals surface area contributed by atoms with Gasteiger partial charge in [0, 0.05) is 6.61 Å². The van der Waals surface area contributed by atoms with E-state index in [0.29, 0.717) is 26.0 Å². The van der Waals surface area contributed by atoms with Crippen molar-refractivity contribution < 1.29 is 24.7 Å². The second-order valence-corrected chi connectivity index (χ2v) is 3.17. The summed E-state index contributed by atoms with van der Waals surface area (Å²) in [4.78, 5) is 10.1. The highest BCUT2D eigenvalue weighted by molar-refractivity contribution is 6.40. The Bertz CT molecular complexity index is 157. The number of rotatable bonds is 3. The van der Waals surface area contributed by atoms with Crippen LogP contribution in [0.25, 0.3) is 0 Å². The van der Waals surface area contributed by atoms with Crippen molar-refractivity contribution in [2.24, 2.45) is 5.92 Å². The molecule has 0 aromatic rings. The van der Waals surface area contributed by atoms with Gasteiger partial charge in [-0.05, 0) is 12.7 Å². The summed E-state index contributed by atoms with van der Waals surface area (Å²) in [5.41, 5.74) is 0. The predicted octanol–water partition coefficient (Wildman–Crippen LogP) is 1.00. The molecule has 0 aromatic carbocycles. The van der Waals surface area contributed by atoms with Gasteiger partial charge in [0.25, 0.3) is 0 Å². The molecular formula is C10H23BO5. The van der Waals surface area contributed by atoms with E-state index in [9.17, 15) is 4.79 Å². The average Bonchev–Trinajstić information content (AvgIpc) is 2.74. The number of carboxylic acid groups (broad SMARTS) is 1. The maximum Gasteiger partial charge on any atom is 0.451 e. The molecule has 1 atom stereocenters. The Hall–Kier alpha value is -0.585. The van der Waals surface area contributed by atoms with Crippen LogP contribution in [0.1, 0.15) is 33.6 Å². The number of hydrogen-bond acceptors (Lipinski definition) is 4. The SMILES string of the molecule is CC.CCCB(O)O.O=C(O)C1CCOC1. The van der Waals surface area contributed by atoms with Crippen LogP contribution >= 0.6 is 0 Å². The minimum atomic E-state index is -1.10. The second-order valence-electron chi connectivity index (χ2n) is 3.17. The van der Waals surface area contributed by atoms with Crippen LogP contribution in [0.2, 0.25) is 6.32 Å². The minimum absolute atomic E-state index is 0.241. The van der Waals surface area contributed by atoms with Crippen molar-refractivity contribution in [3.63, 3.8) is 0 Å². The topological polar surface area (TPSA) is 87.0 Å². The number of carbonyl (C=O) groups is 1. The normalized spacial score (nSPS) is 17.7. The summed E-state index contributed by atoms with van der Waals surface area (Å²) in [7, 11) is -1.10. The fraction of sp³-hybridized carbons (Fsp3) is 0.900. The van der Waals surface area contributed by atoms with E-state index in [-0.39, 0.29) is 5.92 Å². The monoisotopic (exact) mass is 234 g/mol. The van der Waals surface area contributed by atoms with E-state index in [1.807, 2.05) is 20.8 Å². The van der Waals surface area contributed by atoms with E-state index in [4.69, 9.17) is 19.9 Å². The molecule has 0 aliphatic carbocycles. The molecule has 1 heterocycles. The molecule has 0 amide bonds. The molecular weight excluding hydrogens is 211 g/mol. The first kappa shape index (κ1) is 17.8. The van der Waals surface area contributed by atoms with Crippen molar-refractivity contribution in [3.8, 4) is 0 Å². The number of aliphatic carboxylic acids is 1. The highest BCUT2D eigenvalue weighted by Gasteiger charge is 2.21. The van der Waals surface area contributed by atoms with E-state index in [2.05, 4.69) is 0 Å². The number of ether oxygens (including phenoxy) is 1. The van der Waals surface area contributed by atoms with Gasteiger partial charge < -0.3 is 19.9 Å². The molecule has 16 heavy (non-hydrogen) atoms. The van der Waals surface area contributed by atoms with Crippen LogP contribution in [-0.2, 0) is 9.53 Å². The first-order chi connectivity index (χ1) is 7.57. The Kier molecular flexibility index (Phi) is 13.9. The second kappa shape index (κ2) is 12.5. The third-order valence-corrected chi connectivity index (χ3v) is 1.83. The quantitative estimate of drug-likeness (QED) is 0.634. The Morgan fingerprint density at radius 1 is 1.44 bits per heavy atom. The Morgan fingerprint density at radius 3 is 2.12 bits per heavy atom. The lowest BCUT2D eigenvalue weighted by Gasteiger charge is -1.95. The lowest BCUT2D eigenvalue weighted by Crippen LogP contribution is -2.12. The number of hydrogen-bond donors (Lipinski definition) is 3. The van der Waals surface area contributed by atoms with Gasteiger partial charge in [-0.2, -0.15) is 0 Å². The van der Waals surface area contributed by atoms with Crippen LogP contribution in [-0.4, -0.2) is 41.5 Å². The minimum Gasteiger partial charge on any atom is -0.481 e. The van der Waals surface area contributed by atoms with Crippen molar-refractivity contribution >= 4 is 13.1 Å². The lowest BCUT2D eigenvalue weighted by atomic mass is 9.85. The predicted molar refractivity (Wildman–Crippen MR) is 63.2 cm³/mol. The maximum atomic E-state index is 10.1. The van der Waals surface area contributed by atoms with Crippen molar-refractivity contribution in [1.29, 1.82) is 0 Å². The largest absolute Gasteiger partial charge is 0.481 e. The zero-order chi connectivity index (χ0) is 13.0. The molecule has 1 fully saturated rings. The van der Waals surface area contributed by atoms with Crippen LogP contribution in [0.5, 0.6) is 0 Å². The highest BCUT2D eigenvalue weighted by Crippen LogP contribution is 2.11. The van der Waals surface area contributed by atoms with Crippen molar-refractivity contribution in [3.05, 3.63) is 0 Å². The molecule has 1 saturated heterocycles. The van der Waals surface area contributed by atoms with E-state index in [1.165, 1.54) is 0 Å². The molecule has 0 saturated carbocycles. The molecule has 1 rings (SSSR count). The summed E-state index contributed by atoms with van der Waals surface area (Å²) in [5.74, 6) is -0.975. The van der Waals surface area contributed by atoms with Gasteiger partial charge in [-0.1, -0.05) is 27.2 Å². The third-order valence-electron chi connectivity index (χ3n) is 1.83. The van der Waals surface area contributed by atoms with E-state index < -0.39 is 13.1 Å². The van der Waals surface area contributed by atoms with Gasteiger partial charge in [-0.25, -0.2) is 0 Å². The first-order valence-electron chi connectivity index (χ1n) is 5.74. The molecule has 0 radical (unpaired) electrons. The van der Waals surface area contributed by atoms with Gasteiger partial charge in [-0.3, -0.25) is 4.79 Å². The van der Waals surface area contributed by atoms with Gasteiger partial charge >= 0.3 is 13.1 Å². The van der Waals surface area contributed by atoms with E-state index in [1.54, 1.807) is 0 Å². The van der Waals surface area contributed by atoms with E-state index in [0.717, 1.165) is 6.42 Å². The summed E-state index contributed by atoms with van der Waals surface area (Å²) in [6.07, 6.45) is 1.99. The summed E-state index contributed by atoms with van der Waals surface area (Å²) >= 11 is 0. The Balaban J connectivity index is 0. The summed E-state index contributed by atoms with van der Waals surface area (Å²) < 4.78 is 4.84. The van der Waals surface area contributed by atoms with Crippen LogP contribution in [0.4, 0.5) is 0 Å². The molecule has 0 bridgehead atoms. The Morgan fingerprint density at radius 2 is 2.00 bits per heavy atom. The zero-order valence-electron chi connectivity index (χ0n) is 10.3. The van der Waals surface area contributed by atoms with E-state index >= 15 is 0 Å². The number of carboxylic acids is 1. The molecule has 1 aliphatic rings. The molecule has 6 heteroatoms. The smallest absolute Gasteiger partial charge is 0.451 e. The molecule has 0 spiro atoms. The highest BCUT2D eigenvalue weighted by atomic mass is 16.5. The van der Waals surface area contributed by atoms with Crippen LogP contribution in [0, 0.1) is 5.92 Å².